The van der Waals surface area contributed by atoms with Crippen LogP contribution in [-0.4, -0.2) is 0 Å². The molecule has 1 rings (SSSR count). The van der Waals surface area contributed by atoms with Gasteiger partial charge in [-0.05, 0) is 42.4 Å². The van der Waals surface area contributed by atoms with Gasteiger partial charge < -0.3 is 0 Å². The van der Waals surface area contributed by atoms with Gasteiger partial charge in [-0.25, -0.2) is 0 Å². The summed E-state index contributed by atoms with van der Waals surface area (Å²) in [7, 11) is 0. The summed E-state index contributed by atoms with van der Waals surface area (Å²) in [5.74, 6) is 4.89. The molecule has 0 nitrogen and oxygen atoms in total. The highest BCUT2D eigenvalue weighted by Crippen LogP contribution is 2.44. The second-order valence-electron chi connectivity index (χ2n) is 5.48. The first kappa shape index (κ1) is 11.1. The van der Waals surface area contributed by atoms with Gasteiger partial charge in [0.15, 0.2) is 0 Å². The molecule has 0 amide bonds. The Morgan fingerprint density at radius 2 is 1.85 bits per heavy atom. The van der Waals surface area contributed by atoms with Crippen molar-refractivity contribution in [1.29, 1.82) is 0 Å². The highest BCUT2D eigenvalue weighted by atomic mass is 14.4. The molecule has 1 aliphatic carbocycles. The molecule has 0 bridgehead atoms. The SMILES string of the molecule is CCC(CC1CC(C)C1C)C(C)C. The van der Waals surface area contributed by atoms with Crippen LogP contribution in [0.2, 0.25) is 0 Å². The number of hydrogen-bond donors (Lipinski definition) is 0. The van der Waals surface area contributed by atoms with E-state index in [0.717, 1.165) is 29.6 Å². The van der Waals surface area contributed by atoms with Crippen LogP contribution in [0.15, 0.2) is 0 Å². The third-order valence-electron chi connectivity index (χ3n) is 4.39. The molecule has 0 radical (unpaired) electrons. The Kier molecular flexibility index (Phi) is 3.82. The predicted molar refractivity (Wildman–Crippen MR) is 59.7 cm³/mol. The molecule has 0 spiro atoms. The summed E-state index contributed by atoms with van der Waals surface area (Å²) < 4.78 is 0. The Morgan fingerprint density at radius 3 is 2.15 bits per heavy atom. The summed E-state index contributed by atoms with van der Waals surface area (Å²) in [4.78, 5) is 0. The minimum atomic E-state index is 0.883. The topological polar surface area (TPSA) is 0 Å². The van der Waals surface area contributed by atoms with E-state index >= 15 is 0 Å². The smallest absolute Gasteiger partial charge is 0.0381 e. The standard InChI is InChI=1S/C13H26/c1-6-12(9(2)3)8-13-7-10(4)11(13)5/h9-13H,6-8H2,1-5H3. The lowest BCUT2D eigenvalue weighted by Crippen LogP contribution is -2.34. The van der Waals surface area contributed by atoms with Crippen molar-refractivity contribution in [2.24, 2.45) is 29.6 Å². The van der Waals surface area contributed by atoms with Crippen molar-refractivity contribution in [2.75, 3.05) is 0 Å². The average molecular weight is 182 g/mol. The van der Waals surface area contributed by atoms with Crippen LogP contribution < -0.4 is 0 Å². The second-order valence-corrected chi connectivity index (χ2v) is 5.48. The van der Waals surface area contributed by atoms with Crippen LogP contribution in [0.4, 0.5) is 0 Å². The largest absolute Gasteiger partial charge is 0.0651 e. The van der Waals surface area contributed by atoms with E-state index in [9.17, 15) is 0 Å². The molecule has 0 N–H and O–H groups in total. The van der Waals surface area contributed by atoms with Gasteiger partial charge in [0, 0.05) is 0 Å². The Labute approximate surface area is 84.1 Å². The van der Waals surface area contributed by atoms with E-state index in [1.165, 1.54) is 19.3 Å². The molecule has 0 heteroatoms. The number of rotatable bonds is 4. The summed E-state index contributed by atoms with van der Waals surface area (Å²) in [6.07, 6.45) is 4.35. The molecule has 13 heavy (non-hydrogen) atoms. The first-order chi connectivity index (χ1) is 6.06. The molecule has 78 valence electrons. The Hall–Kier alpha value is 0. The molecule has 1 aliphatic rings. The van der Waals surface area contributed by atoms with Gasteiger partial charge >= 0.3 is 0 Å². The van der Waals surface area contributed by atoms with Gasteiger partial charge in [-0.3, -0.25) is 0 Å². The molecule has 4 atom stereocenters. The van der Waals surface area contributed by atoms with Crippen LogP contribution in [0.1, 0.15) is 53.9 Å². The van der Waals surface area contributed by atoms with E-state index in [2.05, 4.69) is 34.6 Å². The second kappa shape index (κ2) is 4.48. The number of hydrogen-bond acceptors (Lipinski definition) is 0. The van der Waals surface area contributed by atoms with Crippen molar-refractivity contribution in [2.45, 2.75) is 53.9 Å². The molecule has 0 aromatic rings. The zero-order valence-corrected chi connectivity index (χ0v) is 10.0. The lowest BCUT2D eigenvalue weighted by atomic mass is 9.63. The minimum absolute atomic E-state index is 0.883. The highest BCUT2D eigenvalue weighted by Gasteiger charge is 2.35. The zero-order valence-electron chi connectivity index (χ0n) is 10.0. The van der Waals surface area contributed by atoms with Crippen molar-refractivity contribution in [3.8, 4) is 0 Å². The van der Waals surface area contributed by atoms with Crippen LogP contribution >= 0.6 is 0 Å². The fourth-order valence-corrected chi connectivity index (χ4v) is 2.79. The molecule has 0 aromatic heterocycles. The van der Waals surface area contributed by atoms with Crippen molar-refractivity contribution in [1.82, 2.24) is 0 Å². The molecular weight excluding hydrogens is 156 g/mol. The first-order valence-electron chi connectivity index (χ1n) is 6.06. The molecule has 0 aliphatic heterocycles. The molecule has 1 saturated carbocycles. The van der Waals surface area contributed by atoms with Crippen molar-refractivity contribution in [3.05, 3.63) is 0 Å². The van der Waals surface area contributed by atoms with E-state index in [-0.39, 0.29) is 0 Å². The van der Waals surface area contributed by atoms with Gasteiger partial charge in [0.1, 0.15) is 0 Å². The van der Waals surface area contributed by atoms with Crippen LogP contribution in [0, 0.1) is 29.6 Å². The molecule has 0 saturated heterocycles. The maximum atomic E-state index is 2.44. The fraction of sp³-hybridized carbons (Fsp3) is 1.00. The lowest BCUT2D eigenvalue weighted by Gasteiger charge is -2.43. The van der Waals surface area contributed by atoms with E-state index in [0.29, 0.717) is 0 Å². The van der Waals surface area contributed by atoms with Gasteiger partial charge in [-0.2, -0.15) is 0 Å². The van der Waals surface area contributed by atoms with E-state index < -0.39 is 0 Å². The zero-order chi connectivity index (χ0) is 10.0. The lowest BCUT2D eigenvalue weighted by molar-refractivity contribution is 0.0694. The Bertz CT molecular complexity index is 148. The quantitative estimate of drug-likeness (QED) is 0.606. The van der Waals surface area contributed by atoms with Crippen LogP contribution in [-0.2, 0) is 0 Å². The summed E-state index contributed by atoms with van der Waals surface area (Å²) in [5, 5.41) is 0. The predicted octanol–water partition coefficient (Wildman–Crippen LogP) is 4.35. The van der Waals surface area contributed by atoms with Crippen molar-refractivity contribution >= 4 is 0 Å². The van der Waals surface area contributed by atoms with E-state index in [4.69, 9.17) is 0 Å². The van der Waals surface area contributed by atoms with Gasteiger partial charge in [0.25, 0.3) is 0 Å². The maximum Gasteiger partial charge on any atom is -0.0381 e. The molecule has 0 aromatic carbocycles. The van der Waals surface area contributed by atoms with Gasteiger partial charge in [-0.1, -0.05) is 41.0 Å². The van der Waals surface area contributed by atoms with Crippen molar-refractivity contribution < 1.29 is 0 Å². The highest BCUT2D eigenvalue weighted by molar-refractivity contribution is 4.85. The van der Waals surface area contributed by atoms with Crippen molar-refractivity contribution in [3.63, 3.8) is 0 Å². The average Bonchev–Trinajstić information content (AvgIpc) is 2.10. The third kappa shape index (κ3) is 2.48. The van der Waals surface area contributed by atoms with Gasteiger partial charge in [0.2, 0.25) is 0 Å². The van der Waals surface area contributed by atoms with Crippen LogP contribution in [0.5, 0.6) is 0 Å². The monoisotopic (exact) mass is 182 g/mol. The summed E-state index contributed by atoms with van der Waals surface area (Å²) in [5.41, 5.74) is 0. The van der Waals surface area contributed by atoms with Crippen LogP contribution in [0.25, 0.3) is 0 Å². The Morgan fingerprint density at radius 1 is 1.23 bits per heavy atom. The normalized spacial score (nSPS) is 36.0. The molecular formula is C13H26. The summed E-state index contributed by atoms with van der Waals surface area (Å²) in [6.45, 7) is 11.9. The molecule has 1 fully saturated rings. The Balaban J connectivity index is 2.31. The van der Waals surface area contributed by atoms with E-state index in [1.807, 2.05) is 0 Å². The summed E-state index contributed by atoms with van der Waals surface area (Å²) in [6, 6.07) is 0. The third-order valence-corrected chi connectivity index (χ3v) is 4.39. The fourth-order valence-electron chi connectivity index (χ4n) is 2.79. The maximum absolute atomic E-state index is 2.44. The first-order valence-corrected chi connectivity index (χ1v) is 6.06. The summed E-state index contributed by atoms with van der Waals surface area (Å²) >= 11 is 0. The minimum Gasteiger partial charge on any atom is -0.0651 e. The van der Waals surface area contributed by atoms with Gasteiger partial charge in [-0.15, -0.1) is 0 Å². The van der Waals surface area contributed by atoms with Crippen LogP contribution in [0.3, 0.4) is 0 Å². The van der Waals surface area contributed by atoms with E-state index in [1.54, 1.807) is 0 Å². The molecule has 0 heterocycles. The van der Waals surface area contributed by atoms with Gasteiger partial charge in [0.05, 0.1) is 0 Å². The molecule has 4 unspecified atom stereocenters.